The quantitative estimate of drug-likeness (QED) is 0.649. The van der Waals surface area contributed by atoms with Crippen LogP contribution in [0.15, 0.2) is 10.6 Å². The van der Waals surface area contributed by atoms with Gasteiger partial charge in [-0.2, -0.15) is 0 Å². The molecule has 0 aromatic rings. The normalized spacial score (nSPS) is 21.1. The molecule has 1 saturated heterocycles. The van der Waals surface area contributed by atoms with Crippen LogP contribution in [-0.4, -0.2) is 30.0 Å². The number of allylic oxidation sites excluding steroid dienone is 1. The van der Waals surface area contributed by atoms with Crippen molar-refractivity contribution in [1.82, 2.24) is 4.90 Å². The van der Waals surface area contributed by atoms with Crippen molar-refractivity contribution in [1.29, 1.82) is 0 Å². The predicted octanol–water partition coefficient (Wildman–Crippen LogP) is 2.12. The van der Waals surface area contributed by atoms with E-state index >= 15 is 0 Å². The molecule has 3 heteroatoms. The maximum absolute atomic E-state index is 10.4. The third kappa shape index (κ3) is 2.50. The molecule has 0 amide bonds. The highest BCUT2D eigenvalue weighted by atomic mass is 32.2. The average Bonchev–Trinajstić information content (AvgIpc) is 2.52. The number of carbonyl (C=O) groups is 1. The summed E-state index contributed by atoms with van der Waals surface area (Å²) in [6.07, 6.45) is 0.986. The summed E-state index contributed by atoms with van der Waals surface area (Å²) < 4.78 is 0. The first-order valence-electron chi connectivity index (χ1n) is 4.69. The van der Waals surface area contributed by atoms with Gasteiger partial charge in [-0.1, -0.05) is 13.8 Å². The second-order valence-corrected chi connectivity index (χ2v) is 4.69. The molecule has 0 aromatic heterocycles. The van der Waals surface area contributed by atoms with Crippen molar-refractivity contribution < 1.29 is 4.79 Å². The molecule has 0 unspecified atom stereocenters. The van der Waals surface area contributed by atoms with Gasteiger partial charge in [0.25, 0.3) is 0 Å². The first-order valence-corrected chi connectivity index (χ1v) is 5.67. The molecule has 0 N–H and O–H groups in total. The van der Waals surface area contributed by atoms with E-state index < -0.39 is 0 Å². The molecule has 0 saturated carbocycles. The van der Waals surface area contributed by atoms with Gasteiger partial charge in [0.15, 0.2) is 0 Å². The van der Waals surface area contributed by atoms with Crippen LogP contribution in [0.2, 0.25) is 0 Å². The Morgan fingerprint density at radius 2 is 2.38 bits per heavy atom. The van der Waals surface area contributed by atoms with Crippen LogP contribution in [0.3, 0.4) is 0 Å². The fourth-order valence-corrected chi connectivity index (χ4v) is 2.64. The van der Waals surface area contributed by atoms with Gasteiger partial charge in [0.1, 0.15) is 6.29 Å². The monoisotopic (exact) mass is 199 g/mol. The van der Waals surface area contributed by atoms with Gasteiger partial charge in [0.05, 0.1) is 11.6 Å². The number of thioether (sulfide) groups is 1. The largest absolute Gasteiger partial charge is 0.359 e. The van der Waals surface area contributed by atoms with E-state index in [0.717, 1.165) is 18.6 Å². The van der Waals surface area contributed by atoms with Crippen molar-refractivity contribution in [2.24, 2.45) is 5.92 Å². The number of aldehydes is 1. The molecule has 0 spiro atoms. The van der Waals surface area contributed by atoms with Gasteiger partial charge in [-0.05, 0) is 18.4 Å². The maximum atomic E-state index is 10.4. The number of nitrogens with zero attached hydrogens (tertiary/aromatic N) is 1. The SMILES string of the molecule is CC(=C1SCCN1CC=O)C(C)C. The first kappa shape index (κ1) is 10.6. The maximum Gasteiger partial charge on any atom is 0.139 e. The molecule has 0 bridgehead atoms. The zero-order valence-corrected chi connectivity index (χ0v) is 9.36. The third-order valence-corrected chi connectivity index (χ3v) is 3.63. The molecule has 1 aliphatic heterocycles. The van der Waals surface area contributed by atoms with Crippen LogP contribution in [0.5, 0.6) is 0 Å². The topological polar surface area (TPSA) is 20.3 Å². The molecule has 74 valence electrons. The lowest BCUT2D eigenvalue weighted by atomic mass is 10.1. The van der Waals surface area contributed by atoms with Gasteiger partial charge >= 0.3 is 0 Å². The standard InChI is InChI=1S/C10H17NOS/c1-8(2)9(3)10-11(4-6-12)5-7-13-10/h6,8H,4-5,7H2,1-3H3. The van der Waals surface area contributed by atoms with E-state index in [1.807, 2.05) is 11.8 Å². The highest BCUT2D eigenvalue weighted by molar-refractivity contribution is 8.03. The molecule has 0 aromatic carbocycles. The molecule has 0 aliphatic carbocycles. The minimum absolute atomic E-state index is 0.548. The summed E-state index contributed by atoms with van der Waals surface area (Å²) in [6.45, 7) is 8.12. The molecule has 0 atom stereocenters. The number of rotatable bonds is 3. The van der Waals surface area contributed by atoms with Gasteiger partial charge in [-0.15, -0.1) is 11.8 Å². The highest BCUT2D eigenvalue weighted by Crippen LogP contribution is 2.32. The molecule has 2 nitrogen and oxygen atoms in total. The molecule has 1 aliphatic rings. The molecular weight excluding hydrogens is 182 g/mol. The Balaban J connectivity index is 2.77. The summed E-state index contributed by atoms with van der Waals surface area (Å²) in [5, 5.41) is 1.32. The predicted molar refractivity (Wildman–Crippen MR) is 57.6 cm³/mol. The lowest BCUT2D eigenvalue weighted by Crippen LogP contribution is -2.21. The number of carbonyl (C=O) groups excluding carboxylic acids is 1. The molecule has 13 heavy (non-hydrogen) atoms. The molecule has 1 rings (SSSR count). The van der Waals surface area contributed by atoms with Crippen LogP contribution < -0.4 is 0 Å². The number of hydrogen-bond acceptors (Lipinski definition) is 3. The first-order chi connectivity index (χ1) is 6.16. The van der Waals surface area contributed by atoms with Gasteiger partial charge in [-0.3, -0.25) is 0 Å². The summed E-state index contributed by atoms with van der Waals surface area (Å²) >= 11 is 1.87. The van der Waals surface area contributed by atoms with E-state index in [9.17, 15) is 4.79 Å². The minimum Gasteiger partial charge on any atom is -0.359 e. The minimum atomic E-state index is 0.548. The van der Waals surface area contributed by atoms with Crippen LogP contribution in [0, 0.1) is 5.92 Å². The Morgan fingerprint density at radius 1 is 1.69 bits per heavy atom. The Morgan fingerprint density at radius 3 is 2.92 bits per heavy atom. The van der Waals surface area contributed by atoms with Crippen LogP contribution in [0.4, 0.5) is 0 Å². The molecule has 1 fully saturated rings. The summed E-state index contributed by atoms with van der Waals surface area (Å²) in [5.41, 5.74) is 1.41. The lowest BCUT2D eigenvalue weighted by Gasteiger charge is -2.19. The highest BCUT2D eigenvalue weighted by Gasteiger charge is 2.20. The molecular formula is C10H17NOS. The van der Waals surface area contributed by atoms with Crippen molar-refractivity contribution in [2.75, 3.05) is 18.8 Å². The Bertz CT molecular complexity index is 223. The van der Waals surface area contributed by atoms with Crippen LogP contribution in [0.25, 0.3) is 0 Å². The van der Waals surface area contributed by atoms with E-state index in [1.54, 1.807) is 0 Å². The number of hydrogen-bond donors (Lipinski definition) is 0. The average molecular weight is 199 g/mol. The van der Waals surface area contributed by atoms with Crippen LogP contribution >= 0.6 is 11.8 Å². The van der Waals surface area contributed by atoms with Crippen molar-refractivity contribution in [3.05, 3.63) is 10.6 Å². The van der Waals surface area contributed by atoms with E-state index in [2.05, 4.69) is 25.7 Å². The van der Waals surface area contributed by atoms with Crippen LogP contribution in [0.1, 0.15) is 20.8 Å². The van der Waals surface area contributed by atoms with E-state index in [4.69, 9.17) is 0 Å². The van der Waals surface area contributed by atoms with Crippen LogP contribution in [-0.2, 0) is 4.79 Å². The lowest BCUT2D eigenvalue weighted by molar-refractivity contribution is -0.108. The van der Waals surface area contributed by atoms with E-state index in [0.29, 0.717) is 12.5 Å². The zero-order valence-electron chi connectivity index (χ0n) is 8.54. The van der Waals surface area contributed by atoms with Gasteiger partial charge < -0.3 is 9.69 Å². The summed E-state index contributed by atoms with van der Waals surface area (Å²) in [4.78, 5) is 12.6. The Hall–Kier alpha value is -0.440. The Labute approximate surface area is 84.4 Å². The summed E-state index contributed by atoms with van der Waals surface area (Å²) in [5.74, 6) is 1.70. The summed E-state index contributed by atoms with van der Waals surface area (Å²) in [6, 6.07) is 0. The van der Waals surface area contributed by atoms with Crippen molar-refractivity contribution in [3.8, 4) is 0 Å². The fourth-order valence-electron chi connectivity index (χ4n) is 1.32. The second-order valence-electron chi connectivity index (χ2n) is 3.60. The van der Waals surface area contributed by atoms with Crippen molar-refractivity contribution >= 4 is 18.0 Å². The Kier molecular flexibility index (Phi) is 3.85. The second kappa shape index (κ2) is 4.70. The van der Waals surface area contributed by atoms with Gasteiger partial charge in [-0.25, -0.2) is 0 Å². The smallest absolute Gasteiger partial charge is 0.139 e. The van der Waals surface area contributed by atoms with Gasteiger partial charge in [0.2, 0.25) is 0 Å². The fraction of sp³-hybridized carbons (Fsp3) is 0.700. The molecule has 0 radical (unpaired) electrons. The van der Waals surface area contributed by atoms with Gasteiger partial charge in [0, 0.05) is 12.3 Å². The van der Waals surface area contributed by atoms with Crippen molar-refractivity contribution in [2.45, 2.75) is 20.8 Å². The zero-order chi connectivity index (χ0) is 9.84. The summed E-state index contributed by atoms with van der Waals surface area (Å²) in [7, 11) is 0. The van der Waals surface area contributed by atoms with E-state index in [1.165, 1.54) is 10.6 Å². The third-order valence-electron chi connectivity index (χ3n) is 2.39. The molecule has 1 heterocycles. The van der Waals surface area contributed by atoms with E-state index in [-0.39, 0.29) is 0 Å². The van der Waals surface area contributed by atoms with Crippen molar-refractivity contribution in [3.63, 3.8) is 0 Å².